The van der Waals surface area contributed by atoms with Crippen LogP contribution in [0.15, 0.2) is 57.6 Å². The molecule has 1 N–H and O–H groups in total. The van der Waals surface area contributed by atoms with Crippen LogP contribution < -0.4 is 5.32 Å². The topological polar surface area (TPSA) is 68.5 Å². The number of carbonyl (C=O) groups excluding carboxylic acids is 2. The van der Waals surface area contributed by atoms with E-state index in [4.69, 9.17) is 9.15 Å². The lowest BCUT2D eigenvalue weighted by Gasteiger charge is -2.13. The van der Waals surface area contributed by atoms with Gasteiger partial charge in [-0.05, 0) is 46.6 Å². The predicted octanol–water partition coefficient (Wildman–Crippen LogP) is 3.48. The number of furan rings is 1. The Balaban J connectivity index is 1.75. The molecule has 0 aliphatic rings. The van der Waals surface area contributed by atoms with E-state index >= 15 is 0 Å². The molecule has 2 rings (SSSR count). The highest BCUT2D eigenvalue weighted by Crippen LogP contribution is 2.15. The lowest BCUT2D eigenvalue weighted by molar-refractivity contribution is -0.144. The van der Waals surface area contributed by atoms with Crippen LogP contribution in [0, 0.1) is 0 Å². The van der Waals surface area contributed by atoms with Crippen molar-refractivity contribution in [2.75, 3.05) is 6.61 Å². The molecule has 0 saturated heterocycles. The van der Waals surface area contributed by atoms with Gasteiger partial charge in [-0.3, -0.25) is 4.79 Å². The number of hydrogen-bond donors (Lipinski definition) is 1. The Morgan fingerprint density at radius 2 is 2.00 bits per heavy atom. The fourth-order valence-corrected chi connectivity index (χ4v) is 2.18. The molecule has 0 aliphatic carbocycles. The third-order valence-corrected chi connectivity index (χ3v) is 3.43. The second kappa shape index (κ2) is 8.33. The summed E-state index contributed by atoms with van der Waals surface area (Å²) in [6.07, 6.45) is 2.68. The predicted molar refractivity (Wildman–Crippen MR) is 89.4 cm³/mol. The summed E-state index contributed by atoms with van der Waals surface area (Å²) in [7, 11) is 0. The Bertz CT molecular complexity index is 694. The van der Waals surface area contributed by atoms with Crippen molar-refractivity contribution in [3.8, 4) is 0 Å². The van der Waals surface area contributed by atoms with Gasteiger partial charge in [0.15, 0.2) is 11.3 Å². The minimum Gasteiger partial charge on any atom is -0.452 e. The molecule has 0 saturated carbocycles. The van der Waals surface area contributed by atoms with Crippen LogP contribution in [0.3, 0.4) is 0 Å². The van der Waals surface area contributed by atoms with Gasteiger partial charge in [0.05, 0.1) is 6.04 Å². The molecule has 1 amide bonds. The third-order valence-electron chi connectivity index (χ3n) is 3.00. The summed E-state index contributed by atoms with van der Waals surface area (Å²) in [4.78, 5) is 23.3. The molecular formula is C17H16BrNO4. The second-order valence-corrected chi connectivity index (χ2v) is 5.56. The van der Waals surface area contributed by atoms with Crippen molar-refractivity contribution < 1.29 is 18.7 Å². The molecule has 1 aromatic heterocycles. The van der Waals surface area contributed by atoms with Crippen LogP contribution in [0.1, 0.15) is 24.3 Å². The number of halogens is 1. The lowest BCUT2D eigenvalue weighted by atomic mass is 10.1. The van der Waals surface area contributed by atoms with Gasteiger partial charge in [-0.25, -0.2) is 4.79 Å². The number of nitrogens with one attached hydrogen (secondary N) is 1. The van der Waals surface area contributed by atoms with Crippen LogP contribution in [0.5, 0.6) is 0 Å². The van der Waals surface area contributed by atoms with Crippen LogP contribution in [0.4, 0.5) is 0 Å². The zero-order chi connectivity index (χ0) is 16.7. The smallest absolute Gasteiger partial charge is 0.331 e. The minimum atomic E-state index is -0.611. The van der Waals surface area contributed by atoms with Crippen molar-refractivity contribution in [1.29, 1.82) is 0 Å². The van der Waals surface area contributed by atoms with Gasteiger partial charge in [0, 0.05) is 6.08 Å². The summed E-state index contributed by atoms with van der Waals surface area (Å²) in [6.45, 7) is 1.53. The van der Waals surface area contributed by atoms with Crippen molar-refractivity contribution >= 4 is 33.9 Å². The van der Waals surface area contributed by atoms with Crippen molar-refractivity contribution in [3.63, 3.8) is 0 Å². The molecule has 2 aromatic rings. The SMILES string of the molecule is CC(NC(=O)COC(=O)/C=C/c1ccc(Br)o1)c1ccccc1. The molecular weight excluding hydrogens is 362 g/mol. The molecule has 1 aromatic carbocycles. The van der Waals surface area contributed by atoms with Gasteiger partial charge < -0.3 is 14.5 Å². The Kier molecular flexibility index (Phi) is 6.17. The van der Waals surface area contributed by atoms with Crippen molar-refractivity contribution in [2.45, 2.75) is 13.0 Å². The molecule has 1 atom stereocenters. The highest BCUT2D eigenvalue weighted by atomic mass is 79.9. The zero-order valence-corrected chi connectivity index (χ0v) is 14.1. The van der Waals surface area contributed by atoms with Gasteiger partial charge in [0.25, 0.3) is 5.91 Å². The lowest BCUT2D eigenvalue weighted by Crippen LogP contribution is -2.30. The van der Waals surface area contributed by atoms with E-state index in [1.165, 1.54) is 12.2 Å². The Hall–Kier alpha value is -2.34. The minimum absolute atomic E-state index is 0.154. The second-order valence-electron chi connectivity index (χ2n) is 4.78. The number of carbonyl (C=O) groups is 2. The van der Waals surface area contributed by atoms with E-state index in [0.29, 0.717) is 10.4 Å². The maximum absolute atomic E-state index is 11.8. The van der Waals surface area contributed by atoms with E-state index in [0.717, 1.165) is 5.56 Å². The fourth-order valence-electron chi connectivity index (χ4n) is 1.86. The van der Waals surface area contributed by atoms with Crippen LogP contribution in [-0.4, -0.2) is 18.5 Å². The third kappa shape index (κ3) is 5.75. The molecule has 0 fully saturated rings. The largest absolute Gasteiger partial charge is 0.452 e. The summed E-state index contributed by atoms with van der Waals surface area (Å²) in [5.74, 6) is -0.458. The normalized spacial score (nSPS) is 12.1. The van der Waals surface area contributed by atoms with Crippen molar-refractivity contribution in [3.05, 3.63) is 64.5 Å². The van der Waals surface area contributed by atoms with Crippen LogP contribution in [0.25, 0.3) is 6.08 Å². The monoisotopic (exact) mass is 377 g/mol. The van der Waals surface area contributed by atoms with Gasteiger partial charge in [0.1, 0.15) is 5.76 Å². The summed E-state index contributed by atoms with van der Waals surface area (Å²) in [5, 5.41) is 2.76. The zero-order valence-electron chi connectivity index (χ0n) is 12.5. The number of amides is 1. The van der Waals surface area contributed by atoms with Crippen LogP contribution >= 0.6 is 15.9 Å². The first-order chi connectivity index (χ1) is 11.0. The average molecular weight is 378 g/mol. The molecule has 6 heteroatoms. The highest BCUT2D eigenvalue weighted by Gasteiger charge is 2.10. The van der Waals surface area contributed by atoms with Gasteiger partial charge in [-0.1, -0.05) is 30.3 Å². The van der Waals surface area contributed by atoms with Gasteiger partial charge >= 0.3 is 5.97 Å². The summed E-state index contributed by atoms with van der Waals surface area (Å²) in [6, 6.07) is 12.8. The molecule has 1 unspecified atom stereocenters. The van der Waals surface area contributed by atoms with Crippen LogP contribution in [0.2, 0.25) is 0 Å². The summed E-state index contributed by atoms with van der Waals surface area (Å²) >= 11 is 3.16. The summed E-state index contributed by atoms with van der Waals surface area (Å²) < 4.78 is 10.7. The molecule has 5 nitrogen and oxygen atoms in total. The Labute approximate surface area is 142 Å². The molecule has 23 heavy (non-hydrogen) atoms. The molecule has 0 spiro atoms. The number of benzene rings is 1. The number of hydrogen-bond acceptors (Lipinski definition) is 4. The van der Waals surface area contributed by atoms with E-state index in [1.54, 1.807) is 12.1 Å². The molecule has 120 valence electrons. The number of ether oxygens (including phenoxy) is 1. The summed E-state index contributed by atoms with van der Waals surface area (Å²) in [5.41, 5.74) is 0.982. The number of esters is 1. The maximum Gasteiger partial charge on any atom is 0.331 e. The van der Waals surface area contributed by atoms with Gasteiger partial charge in [0.2, 0.25) is 0 Å². The van der Waals surface area contributed by atoms with E-state index in [2.05, 4.69) is 21.2 Å². The quantitative estimate of drug-likeness (QED) is 0.617. The molecule has 0 radical (unpaired) electrons. The van der Waals surface area contributed by atoms with Crippen molar-refractivity contribution in [2.24, 2.45) is 0 Å². The molecule has 0 bridgehead atoms. The van der Waals surface area contributed by atoms with E-state index < -0.39 is 5.97 Å². The number of rotatable bonds is 6. The molecule has 1 heterocycles. The average Bonchev–Trinajstić information content (AvgIpc) is 2.97. The Morgan fingerprint density at radius 3 is 2.65 bits per heavy atom. The highest BCUT2D eigenvalue weighted by molar-refractivity contribution is 9.10. The first kappa shape index (κ1) is 17.0. The maximum atomic E-state index is 11.8. The Morgan fingerprint density at radius 1 is 1.26 bits per heavy atom. The van der Waals surface area contributed by atoms with E-state index in [1.807, 2.05) is 37.3 Å². The van der Waals surface area contributed by atoms with Gasteiger partial charge in [-0.2, -0.15) is 0 Å². The molecule has 0 aliphatic heterocycles. The van der Waals surface area contributed by atoms with Gasteiger partial charge in [-0.15, -0.1) is 0 Å². The first-order valence-corrected chi connectivity index (χ1v) is 7.78. The van der Waals surface area contributed by atoms with E-state index in [9.17, 15) is 9.59 Å². The fraction of sp³-hybridized carbons (Fsp3) is 0.176. The first-order valence-electron chi connectivity index (χ1n) is 6.99. The van der Waals surface area contributed by atoms with Crippen LogP contribution in [-0.2, 0) is 14.3 Å². The van der Waals surface area contributed by atoms with Crippen molar-refractivity contribution in [1.82, 2.24) is 5.32 Å². The standard InChI is InChI=1S/C17H16BrNO4/c1-12(13-5-3-2-4-6-13)19-16(20)11-22-17(21)10-8-14-7-9-15(18)23-14/h2-10,12H,11H2,1H3,(H,19,20)/b10-8+. The van der Waals surface area contributed by atoms with E-state index in [-0.39, 0.29) is 18.6 Å².